The first-order valence-corrected chi connectivity index (χ1v) is 3.86. The Hall–Kier alpha value is 0.310. The van der Waals surface area contributed by atoms with E-state index in [9.17, 15) is 0 Å². The first-order chi connectivity index (χ1) is 3.39. The van der Waals surface area contributed by atoms with E-state index < -0.39 is 0 Å². The van der Waals surface area contributed by atoms with Crippen molar-refractivity contribution in [3.63, 3.8) is 0 Å². The highest BCUT2D eigenvalue weighted by molar-refractivity contribution is 9.11. The van der Waals surface area contributed by atoms with Gasteiger partial charge in [-0.3, -0.25) is 0 Å². The van der Waals surface area contributed by atoms with Crippen molar-refractivity contribution in [1.29, 1.82) is 0 Å². The van der Waals surface area contributed by atoms with E-state index in [4.69, 9.17) is 0 Å². The molecule has 0 bridgehead atoms. The van der Waals surface area contributed by atoms with Crippen LogP contribution >= 0.6 is 27.7 Å². The molecule has 0 aliphatic carbocycles. The average Bonchev–Trinajstić information content (AvgIpc) is 1.69. The first-order valence-electron chi connectivity index (χ1n) is 2.02. The van der Waals surface area contributed by atoms with Crippen LogP contribution in [0.25, 0.3) is 0 Å². The second kappa shape index (κ2) is 2.58. The molecule has 0 aromatic carbocycles. The second-order valence-corrected chi connectivity index (χ2v) is 3.17. The molecule has 7 heavy (non-hydrogen) atoms. The second-order valence-electron chi connectivity index (χ2n) is 1.25. The number of hydrogen-bond acceptors (Lipinski definition) is 1. The summed E-state index contributed by atoms with van der Waals surface area (Å²) in [6, 6.07) is 0. The molecule has 1 heterocycles. The molecule has 2 heteroatoms. The van der Waals surface area contributed by atoms with Gasteiger partial charge in [0.2, 0.25) is 0 Å². The van der Waals surface area contributed by atoms with Gasteiger partial charge in [0, 0.05) is 10.2 Å². The van der Waals surface area contributed by atoms with Crippen LogP contribution in [0.2, 0.25) is 0 Å². The summed E-state index contributed by atoms with van der Waals surface area (Å²) in [6.45, 7) is 0. The van der Waals surface area contributed by atoms with Crippen molar-refractivity contribution in [1.82, 2.24) is 0 Å². The van der Waals surface area contributed by atoms with Gasteiger partial charge in [-0.2, -0.15) is 0 Å². The van der Waals surface area contributed by atoms with Crippen molar-refractivity contribution in [2.45, 2.75) is 0 Å². The van der Waals surface area contributed by atoms with Crippen LogP contribution in [0, 0.1) is 0 Å². The maximum absolute atomic E-state index is 3.38. The minimum Gasteiger partial charge on any atom is -0.129 e. The van der Waals surface area contributed by atoms with E-state index in [0.29, 0.717) is 0 Å². The third kappa shape index (κ3) is 1.70. The molecule has 0 unspecified atom stereocenters. The van der Waals surface area contributed by atoms with Crippen molar-refractivity contribution in [3.05, 3.63) is 22.0 Å². The van der Waals surface area contributed by atoms with Crippen molar-refractivity contribution < 1.29 is 0 Å². The molecule has 0 amide bonds. The molecule has 38 valence electrons. The topological polar surface area (TPSA) is 0 Å². The SMILES string of the molecule is BrC1=CC=CSC1. The molecule has 0 radical (unpaired) electrons. The van der Waals surface area contributed by atoms with Crippen LogP contribution < -0.4 is 0 Å². The Labute approximate surface area is 55.8 Å². The van der Waals surface area contributed by atoms with E-state index >= 15 is 0 Å². The molecule has 0 aromatic heterocycles. The lowest BCUT2D eigenvalue weighted by Gasteiger charge is -1.96. The van der Waals surface area contributed by atoms with Gasteiger partial charge >= 0.3 is 0 Å². The van der Waals surface area contributed by atoms with Gasteiger partial charge in [-0.25, -0.2) is 0 Å². The van der Waals surface area contributed by atoms with Crippen LogP contribution in [0.1, 0.15) is 0 Å². The molecule has 0 saturated heterocycles. The van der Waals surface area contributed by atoms with Crippen LogP contribution in [-0.4, -0.2) is 5.75 Å². The zero-order valence-corrected chi connectivity index (χ0v) is 6.13. The highest BCUT2D eigenvalue weighted by Gasteiger charge is 1.90. The zero-order valence-electron chi connectivity index (χ0n) is 3.73. The number of hydrogen-bond donors (Lipinski definition) is 0. The van der Waals surface area contributed by atoms with Gasteiger partial charge in [-0.1, -0.05) is 28.1 Å². The van der Waals surface area contributed by atoms with Crippen molar-refractivity contribution in [2.75, 3.05) is 5.75 Å². The lowest BCUT2D eigenvalue weighted by molar-refractivity contribution is 1.70. The monoisotopic (exact) mass is 176 g/mol. The average molecular weight is 177 g/mol. The van der Waals surface area contributed by atoms with Gasteiger partial charge in [0.15, 0.2) is 0 Å². The Morgan fingerprint density at radius 2 is 2.57 bits per heavy atom. The molecule has 1 rings (SSSR count). The van der Waals surface area contributed by atoms with Crippen LogP contribution in [0.4, 0.5) is 0 Å². The third-order valence-corrected chi connectivity index (χ3v) is 2.42. The summed E-state index contributed by atoms with van der Waals surface area (Å²) in [6.07, 6.45) is 4.11. The van der Waals surface area contributed by atoms with E-state index in [1.807, 2.05) is 17.8 Å². The van der Waals surface area contributed by atoms with Crippen LogP contribution in [0.5, 0.6) is 0 Å². The van der Waals surface area contributed by atoms with Gasteiger partial charge in [0.05, 0.1) is 0 Å². The van der Waals surface area contributed by atoms with Crippen LogP contribution in [0.15, 0.2) is 22.0 Å². The Morgan fingerprint density at radius 1 is 1.71 bits per heavy atom. The summed E-state index contributed by atoms with van der Waals surface area (Å²) in [5.41, 5.74) is 0. The lowest BCUT2D eigenvalue weighted by Crippen LogP contribution is -1.76. The minimum atomic E-state index is 1.09. The summed E-state index contributed by atoms with van der Waals surface area (Å²) in [4.78, 5) is 0. The molecule has 0 N–H and O–H groups in total. The Balaban J connectivity index is 2.57. The molecular weight excluding hydrogens is 172 g/mol. The molecule has 0 aromatic rings. The summed E-state index contributed by atoms with van der Waals surface area (Å²) < 4.78 is 1.28. The summed E-state index contributed by atoms with van der Waals surface area (Å²) in [5.74, 6) is 1.09. The van der Waals surface area contributed by atoms with Gasteiger partial charge < -0.3 is 0 Å². The molecule has 0 fully saturated rings. The summed E-state index contributed by atoms with van der Waals surface area (Å²) in [5, 5.41) is 2.09. The van der Waals surface area contributed by atoms with Gasteiger partial charge in [0.1, 0.15) is 0 Å². The predicted molar refractivity (Wildman–Crippen MR) is 38.6 cm³/mol. The minimum absolute atomic E-state index is 1.09. The van der Waals surface area contributed by atoms with Crippen molar-refractivity contribution in [3.8, 4) is 0 Å². The molecular formula is C5H5BrS. The fourth-order valence-electron chi connectivity index (χ4n) is 0.375. The zero-order chi connectivity index (χ0) is 5.11. The van der Waals surface area contributed by atoms with Gasteiger partial charge in [0.25, 0.3) is 0 Å². The number of allylic oxidation sites excluding steroid dienone is 2. The smallest absolute Gasteiger partial charge is 0.0292 e. The molecule has 0 nitrogen and oxygen atoms in total. The van der Waals surface area contributed by atoms with Crippen LogP contribution in [-0.2, 0) is 0 Å². The molecule has 0 atom stereocenters. The van der Waals surface area contributed by atoms with E-state index in [2.05, 4.69) is 27.4 Å². The summed E-state index contributed by atoms with van der Waals surface area (Å²) >= 11 is 5.18. The fraction of sp³-hybridized carbons (Fsp3) is 0.200. The molecule has 0 spiro atoms. The van der Waals surface area contributed by atoms with E-state index in [0.717, 1.165) is 5.75 Å². The van der Waals surface area contributed by atoms with Crippen molar-refractivity contribution >= 4 is 27.7 Å². The first kappa shape index (κ1) is 5.45. The highest BCUT2D eigenvalue weighted by atomic mass is 79.9. The van der Waals surface area contributed by atoms with Gasteiger partial charge in [-0.05, 0) is 5.41 Å². The number of thioether (sulfide) groups is 1. The number of rotatable bonds is 0. The maximum atomic E-state index is 3.38. The van der Waals surface area contributed by atoms with Gasteiger partial charge in [-0.15, -0.1) is 11.8 Å². The van der Waals surface area contributed by atoms with Crippen LogP contribution in [0.3, 0.4) is 0 Å². The Bertz CT molecular complexity index is 115. The normalized spacial score (nSPS) is 19.3. The van der Waals surface area contributed by atoms with Crippen molar-refractivity contribution in [2.24, 2.45) is 0 Å². The van der Waals surface area contributed by atoms with E-state index in [-0.39, 0.29) is 0 Å². The fourth-order valence-corrected chi connectivity index (χ4v) is 1.47. The van der Waals surface area contributed by atoms with E-state index in [1.165, 1.54) is 4.48 Å². The highest BCUT2D eigenvalue weighted by Crippen LogP contribution is 2.18. The maximum Gasteiger partial charge on any atom is 0.0292 e. The third-order valence-electron chi connectivity index (χ3n) is 0.673. The molecule has 1 aliphatic heterocycles. The molecule has 0 saturated carbocycles. The summed E-state index contributed by atoms with van der Waals surface area (Å²) in [7, 11) is 0. The Kier molecular flexibility index (Phi) is 2.00. The van der Waals surface area contributed by atoms with E-state index in [1.54, 1.807) is 0 Å². The standard InChI is InChI=1S/C5H5BrS/c6-5-2-1-3-7-4-5/h1-3H,4H2. The largest absolute Gasteiger partial charge is 0.129 e. The molecule has 1 aliphatic rings. The predicted octanol–water partition coefficient (Wildman–Crippen LogP) is 2.53. The quantitative estimate of drug-likeness (QED) is 0.547. The lowest BCUT2D eigenvalue weighted by atomic mass is 10.5. The number of halogens is 1. The Morgan fingerprint density at radius 3 is 2.86 bits per heavy atom.